The van der Waals surface area contributed by atoms with Gasteiger partial charge in [0.15, 0.2) is 5.82 Å². The summed E-state index contributed by atoms with van der Waals surface area (Å²) in [7, 11) is 1.57. The summed E-state index contributed by atoms with van der Waals surface area (Å²) in [6.45, 7) is 0.236. The second-order valence-corrected chi connectivity index (χ2v) is 6.27. The van der Waals surface area contributed by atoms with E-state index in [0.29, 0.717) is 11.6 Å². The third-order valence-electron chi connectivity index (χ3n) is 3.63. The molecule has 25 heavy (non-hydrogen) atoms. The Morgan fingerprint density at radius 3 is 2.80 bits per heavy atom. The van der Waals surface area contributed by atoms with Gasteiger partial charge < -0.3 is 20.9 Å². The van der Waals surface area contributed by atoms with Gasteiger partial charge in [-0.2, -0.15) is 0 Å². The molecule has 0 saturated carbocycles. The number of nitrogens with one attached hydrogen (secondary N) is 1. The van der Waals surface area contributed by atoms with Crippen LogP contribution in [0.25, 0.3) is 21.3 Å². The normalized spacial score (nSPS) is 12.2. The average molecular weight is 358 g/mol. The molecular weight excluding hydrogens is 340 g/mol. The summed E-state index contributed by atoms with van der Waals surface area (Å²) in [4.78, 5) is 20.9. The first-order chi connectivity index (χ1) is 12.1. The first kappa shape index (κ1) is 17.3. The van der Waals surface area contributed by atoms with Crippen LogP contribution >= 0.6 is 11.3 Å². The van der Waals surface area contributed by atoms with Crippen molar-refractivity contribution in [3.63, 3.8) is 0 Å². The lowest BCUT2D eigenvalue weighted by Gasteiger charge is -2.12. The van der Waals surface area contributed by atoms with Crippen molar-refractivity contribution < 1.29 is 14.6 Å². The van der Waals surface area contributed by atoms with Crippen molar-refractivity contribution in [2.45, 2.75) is 12.7 Å². The third-order valence-corrected chi connectivity index (χ3v) is 4.50. The molecule has 0 spiro atoms. The Kier molecular flexibility index (Phi) is 5.22. The number of carbonyl (C=O) groups is 1. The van der Waals surface area contributed by atoms with Crippen LogP contribution in [0.3, 0.4) is 0 Å². The zero-order valence-electron chi connectivity index (χ0n) is 13.6. The van der Waals surface area contributed by atoms with Gasteiger partial charge in [-0.3, -0.25) is 4.79 Å². The number of aliphatic hydroxyl groups is 1. The molecule has 7 nitrogen and oxygen atoms in total. The van der Waals surface area contributed by atoms with Crippen molar-refractivity contribution in [2.24, 2.45) is 5.73 Å². The molecule has 3 rings (SSSR count). The molecule has 2 heterocycles. The van der Waals surface area contributed by atoms with E-state index in [1.807, 2.05) is 35.7 Å². The van der Waals surface area contributed by atoms with Gasteiger partial charge in [0.2, 0.25) is 5.91 Å². The van der Waals surface area contributed by atoms with Gasteiger partial charge in [0.25, 0.3) is 0 Å². The minimum Gasteiger partial charge on any atom is -0.381 e. The Bertz CT molecular complexity index is 882. The summed E-state index contributed by atoms with van der Waals surface area (Å²) in [6, 6.07) is 9.89. The maximum absolute atomic E-state index is 11.1. The van der Waals surface area contributed by atoms with Gasteiger partial charge in [0.1, 0.15) is 23.4 Å². The number of hydrogen-bond acceptors (Lipinski definition) is 7. The minimum absolute atomic E-state index is 0.0298. The average Bonchev–Trinajstić information content (AvgIpc) is 3.04. The molecule has 3 aromatic rings. The second kappa shape index (κ2) is 7.56. The number of aromatic nitrogens is 2. The van der Waals surface area contributed by atoms with E-state index in [9.17, 15) is 9.90 Å². The predicted octanol–water partition coefficient (Wildman–Crippen LogP) is 1.76. The van der Waals surface area contributed by atoms with Gasteiger partial charge in [-0.05, 0) is 5.56 Å². The first-order valence-corrected chi connectivity index (χ1v) is 8.52. The third kappa shape index (κ3) is 3.76. The largest absolute Gasteiger partial charge is 0.381 e. The first-order valence-electron chi connectivity index (χ1n) is 7.64. The summed E-state index contributed by atoms with van der Waals surface area (Å²) < 4.78 is 5.12. The summed E-state index contributed by atoms with van der Waals surface area (Å²) >= 11 is 1.50. The number of fused-ring (bicyclic) bond motifs is 1. The second-order valence-electron chi connectivity index (χ2n) is 5.42. The molecule has 1 aromatic carbocycles. The lowest BCUT2D eigenvalue weighted by Crippen LogP contribution is -2.34. The predicted molar refractivity (Wildman–Crippen MR) is 97.3 cm³/mol. The molecule has 0 saturated heterocycles. The van der Waals surface area contributed by atoms with Gasteiger partial charge >= 0.3 is 0 Å². The summed E-state index contributed by atoms with van der Waals surface area (Å²) in [5, 5.41) is 15.5. The Labute approximate surface area is 148 Å². The number of hydrogen-bond donors (Lipinski definition) is 3. The molecule has 0 aliphatic heterocycles. The zero-order valence-corrected chi connectivity index (χ0v) is 14.4. The number of aliphatic hydroxyl groups excluding tert-OH is 1. The summed E-state index contributed by atoms with van der Waals surface area (Å²) in [5.74, 6) is 0.272. The molecule has 0 fully saturated rings. The van der Waals surface area contributed by atoms with E-state index in [1.54, 1.807) is 7.11 Å². The molecule has 0 aliphatic rings. The highest BCUT2D eigenvalue weighted by atomic mass is 32.1. The van der Waals surface area contributed by atoms with Crippen molar-refractivity contribution in [1.82, 2.24) is 9.97 Å². The molecule has 130 valence electrons. The van der Waals surface area contributed by atoms with E-state index in [-0.39, 0.29) is 13.2 Å². The van der Waals surface area contributed by atoms with Gasteiger partial charge in [0, 0.05) is 18.1 Å². The molecule has 2 aromatic heterocycles. The SMILES string of the molecule is COCc1nc(NCC(O)C(N)=O)c2c(-c3ccccc3)csc2n1. The number of methoxy groups -OCH3 is 1. The summed E-state index contributed by atoms with van der Waals surface area (Å²) in [5.41, 5.74) is 7.14. The maximum Gasteiger partial charge on any atom is 0.248 e. The highest BCUT2D eigenvalue weighted by Gasteiger charge is 2.17. The number of primary amides is 1. The van der Waals surface area contributed by atoms with E-state index in [0.717, 1.165) is 21.3 Å². The van der Waals surface area contributed by atoms with Crippen molar-refractivity contribution in [2.75, 3.05) is 19.0 Å². The van der Waals surface area contributed by atoms with E-state index < -0.39 is 12.0 Å². The van der Waals surface area contributed by atoms with Crippen molar-refractivity contribution in [3.05, 3.63) is 41.5 Å². The number of nitrogens with zero attached hydrogens (tertiary/aromatic N) is 2. The Morgan fingerprint density at radius 2 is 2.12 bits per heavy atom. The molecular formula is C17H18N4O3S. The fourth-order valence-electron chi connectivity index (χ4n) is 2.43. The lowest BCUT2D eigenvalue weighted by atomic mass is 10.1. The Balaban J connectivity index is 2.06. The number of ether oxygens (including phenoxy) is 1. The number of amides is 1. The fourth-order valence-corrected chi connectivity index (χ4v) is 3.40. The highest BCUT2D eigenvalue weighted by Crippen LogP contribution is 2.36. The number of thiophene rings is 1. The van der Waals surface area contributed by atoms with Crippen LogP contribution in [0, 0.1) is 0 Å². The topological polar surface area (TPSA) is 110 Å². The number of benzene rings is 1. The van der Waals surface area contributed by atoms with Crippen LogP contribution < -0.4 is 11.1 Å². The van der Waals surface area contributed by atoms with Crippen molar-refractivity contribution >= 4 is 33.3 Å². The van der Waals surface area contributed by atoms with E-state index in [1.165, 1.54) is 11.3 Å². The summed E-state index contributed by atoms with van der Waals surface area (Å²) in [6.07, 6.45) is -1.30. The molecule has 1 unspecified atom stereocenters. The Morgan fingerprint density at radius 1 is 1.36 bits per heavy atom. The number of nitrogens with two attached hydrogens (primary N) is 1. The van der Waals surface area contributed by atoms with Crippen LogP contribution in [-0.2, 0) is 16.1 Å². The number of carbonyl (C=O) groups excluding carboxylic acids is 1. The molecule has 1 atom stereocenters. The standard InChI is InChI=1S/C17H18N4O3S/c1-24-8-13-20-16(19-7-12(22)15(18)23)14-11(9-25-17(14)21-13)10-5-3-2-4-6-10/h2-6,9,12,22H,7-8H2,1H3,(H2,18,23)(H,19,20,21). The van der Waals surface area contributed by atoms with E-state index >= 15 is 0 Å². The molecule has 0 aliphatic carbocycles. The quantitative estimate of drug-likeness (QED) is 0.594. The lowest BCUT2D eigenvalue weighted by molar-refractivity contribution is -0.125. The van der Waals surface area contributed by atoms with E-state index in [4.69, 9.17) is 10.5 Å². The highest BCUT2D eigenvalue weighted by molar-refractivity contribution is 7.17. The van der Waals surface area contributed by atoms with Crippen LogP contribution in [-0.4, -0.2) is 40.7 Å². The smallest absolute Gasteiger partial charge is 0.248 e. The van der Waals surface area contributed by atoms with Gasteiger partial charge in [-0.15, -0.1) is 11.3 Å². The van der Waals surface area contributed by atoms with Gasteiger partial charge in [0.05, 0.1) is 11.9 Å². The van der Waals surface area contributed by atoms with Gasteiger partial charge in [-0.25, -0.2) is 9.97 Å². The molecule has 0 radical (unpaired) electrons. The molecule has 8 heteroatoms. The fraction of sp³-hybridized carbons (Fsp3) is 0.235. The molecule has 1 amide bonds. The maximum atomic E-state index is 11.1. The zero-order chi connectivity index (χ0) is 17.8. The van der Waals surface area contributed by atoms with Crippen molar-refractivity contribution in [1.29, 1.82) is 0 Å². The molecule has 0 bridgehead atoms. The van der Waals surface area contributed by atoms with Crippen LogP contribution in [0.1, 0.15) is 5.82 Å². The van der Waals surface area contributed by atoms with Crippen LogP contribution in [0.5, 0.6) is 0 Å². The van der Waals surface area contributed by atoms with Crippen LogP contribution in [0.2, 0.25) is 0 Å². The van der Waals surface area contributed by atoms with Crippen LogP contribution in [0.4, 0.5) is 5.82 Å². The van der Waals surface area contributed by atoms with Crippen LogP contribution in [0.15, 0.2) is 35.7 Å². The minimum atomic E-state index is -1.30. The number of rotatable bonds is 7. The van der Waals surface area contributed by atoms with E-state index in [2.05, 4.69) is 15.3 Å². The monoisotopic (exact) mass is 358 g/mol. The Hall–Kier alpha value is -2.55. The van der Waals surface area contributed by atoms with Crippen molar-refractivity contribution in [3.8, 4) is 11.1 Å². The molecule has 4 N–H and O–H groups in total. The van der Waals surface area contributed by atoms with Gasteiger partial charge in [-0.1, -0.05) is 30.3 Å². The number of anilines is 1.